The molecule has 0 rings (SSSR count). The van der Waals surface area contributed by atoms with Crippen LogP contribution in [0.3, 0.4) is 0 Å². The SMILES string of the molecule is O=P([O-])([O-])OP(=O)([O-])[O-].O=P([O-])([O-])[O-].[Sr+2]. The summed E-state index contributed by atoms with van der Waals surface area (Å²) in [7, 11) is -16.7. The summed E-state index contributed by atoms with van der Waals surface area (Å²) in [6.07, 6.45) is 0. The van der Waals surface area contributed by atoms with Crippen molar-refractivity contribution < 1.29 is 52.3 Å². The van der Waals surface area contributed by atoms with Gasteiger partial charge in [-0.2, -0.15) is 7.82 Å². The van der Waals surface area contributed by atoms with Crippen LogP contribution in [0.5, 0.6) is 0 Å². The second-order valence-corrected chi connectivity index (χ2v) is 4.76. The van der Waals surface area contributed by atoms with Crippen LogP contribution in [0.2, 0.25) is 0 Å². The molecule has 0 N–H and O–H groups in total. The van der Waals surface area contributed by atoms with Crippen molar-refractivity contribution in [3.63, 3.8) is 0 Å². The van der Waals surface area contributed by atoms with Gasteiger partial charge in [-0.1, -0.05) is 0 Å². The predicted octanol–water partition coefficient (Wildman–Crippen LogP) is -6.54. The molecule has 88 valence electrons. The Morgan fingerprint density at radius 2 is 0.800 bits per heavy atom. The van der Waals surface area contributed by atoms with Gasteiger partial charge < -0.3 is 52.3 Å². The normalized spacial score (nSPS) is 12.2. The Morgan fingerprint density at radius 1 is 0.667 bits per heavy atom. The third-order valence-corrected chi connectivity index (χ3v) is 1.80. The third kappa shape index (κ3) is 49.3. The number of rotatable bonds is 2. The Bertz CT molecular complexity index is 259. The molecule has 0 aliphatic heterocycles. The van der Waals surface area contributed by atoms with Crippen LogP contribution in [0.4, 0.5) is 0 Å². The molecule has 0 aliphatic carbocycles. The first kappa shape index (κ1) is 22.1. The topological polar surface area (TPSA) is 222 Å². The fourth-order valence-electron chi connectivity index (χ4n) is 0.122. The van der Waals surface area contributed by atoms with E-state index in [0.29, 0.717) is 0 Å². The van der Waals surface area contributed by atoms with E-state index in [1.807, 2.05) is 0 Å². The molecule has 0 atom stereocenters. The van der Waals surface area contributed by atoms with E-state index in [1.54, 1.807) is 0 Å². The maximum Gasteiger partial charge on any atom is 2.00 e. The van der Waals surface area contributed by atoms with Crippen LogP contribution in [0, 0.1) is 0 Å². The van der Waals surface area contributed by atoms with E-state index < -0.39 is 23.5 Å². The van der Waals surface area contributed by atoms with Gasteiger partial charge in [0, 0.05) is 0 Å². The molecule has 0 saturated heterocycles. The van der Waals surface area contributed by atoms with E-state index >= 15 is 0 Å². The van der Waals surface area contributed by atoms with Crippen molar-refractivity contribution in [3.05, 3.63) is 0 Å². The molecule has 0 aliphatic rings. The molecule has 0 amide bonds. The van der Waals surface area contributed by atoms with Crippen molar-refractivity contribution in [2.75, 3.05) is 0 Å². The largest absolute Gasteiger partial charge is 2.00 e. The van der Waals surface area contributed by atoms with Crippen LogP contribution < -0.4 is 34.3 Å². The van der Waals surface area contributed by atoms with Gasteiger partial charge in [0.15, 0.2) is 0 Å². The molecule has 0 heterocycles. The fraction of sp³-hybridized carbons (Fsp3) is 0. The molecular formula is O11P3Sr-5. The smallest absolute Gasteiger partial charge is 0.822 e. The molecule has 11 nitrogen and oxygen atoms in total. The summed E-state index contributed by atoms with van der Waals surface area (Å²) in [5.41, 5.74) is 0. The average Bonchev–Trinajstić information content (AvgIpc) is 1.42. The Labute approximate surface area is 120 Å². The van der Waals surface area contributed by atoms with E-state index in [-0.39, 0.29) is 45.5 Å². The summed E-state index contributed by atoms with van der Waals surface area (Å²) in [5, 5.41) is 0. The van der Waals surface area contributed by atoms with Crippen LogP contribution in [0.25, 0.3) is 0 Å². The van der Waals surface area contributed by atoms with Gasteiger partial charge in [-0.25, -0.2) is 0 Å². The molecule has 15 heteroatoms. The average molecular weight is 357 g/mol. The standard InChI is InChI=1S/H4O7P2.H3O4P.Sr/c1-8(2,3)7-9(4,5)6;1-5(2,3)4;/h(H2,1,2,3)(H2,4,5,6);(H3,1,2,3,4);/q;;+2/p-7. The monoisotopic (exact) mass is 357 g/mol. The zero-order valence-corrected chi connectivity index (χ0v) is 12.7. The second kappa shape index (κ2) is 8.04. The van der Waals surface area contributed by atoms with Gasteiger partial charge in [0.05, 0.1) is 15.6 Å². The Kier molecular flexibility index (Phi) is 11.8. The Balaban J connectivity index is -0.000000208. The number of phosphoric acid groups is 3. The van der Waals surface area contributed by atoms with Crippen LogP contribution >= 0.6 is 23.5 Å². The minimum atomic E-state index is -5.68. The van der Waals surface area contributed by atoms with Crippen LogP contribution in [-0.4, -0.2) is 45.5 Å². The minimum Gasteiger partial charge on any atom is -0.822 e. The maximum absolute atomic E-state index is 9.32. The van der Waals surface area contributed by atoms with E-state index in [0.717, 1.165) is 0 Å². The van der Waals surface area contributed by atoms with Crippen LogP contribution in [0.15, 0.2) is 0 Å². The second-order valence-electron chi connectivity index (χ2n) is 1.42. The molecule has 0 aromatic rings. The van der Waals surface area contributed by atoms with E-state index in [1.165, 1.54) is 0 Å². The molecular weight excluding hydrogens is 357 g/mol. The van der Waals surface area contributed by atoms with Crippen molar-refractivity contribution >= 4 is 68.9 Å². The van der Waals surface area contributed by atoms with Gasteiger partial charge in [0.25, 0.3) is 0 Å². The summed E-state index contributed by atoms with van der Waals surface area (Å²) in [6.45, 7) is 0. The first-order chi connectivity index (χ1) is 5.71. The zero-order chi connectivity index (χ0) is 12.2. The number of hydrogen-bond donors (Lipinski definition) is 0. The van der Waals surface area contributed by atoms with Crippen molar-refractivity contribution in [2.24, 2.45) is 0 Å². The Hall–Kier alpha value is 1.85. The van der Waals surface area contributed by atoms with Gasteiger partial charge in [0.1, 0.15) is 0 Å². The molecule has 0 aromatic carbocycles. The van der Waals surface area contributed by atoms with Crippen LogP contribution in [0.1, 0.15) is 0 Å². The summed E-state index contributed by atoms with van der Waals surface area (Å²) >= 11 is 0. The van der Waals surface area contributed by atoms with Gasteiger partial charge in [-0.05, 0) is 0 Å². The maximum atomic E-state index is 9.32. The molecule has 0 spiro atoms. The van der Waals surface area contributed by atoms with E-state index in [4.69, 9.17) is 19.2 Å². The van der Waals surface area contributed by atoms with Gasteiger partial charge in [-0.15, -0.1) is 0 Å². The molecule has 0 unspecified atom stereocenters. The molecule has 0 aromatic heterocycles. The van der Waals surface area contributed by atoms with Crippen molar-refractivity contribution in [1.29, 1.82) is 0 Å². The van der Waals surface area contributed by atoms with Gasteiger partial charge >= 0.3 is 45.5 Å². The van der Waals surface area contributed by atoms with E-state index in [2.05, 4.69) is 4.31 Å². The van der Waals surface area contributed by atoms with Crippen LogP contribution in [-0.2, 0) is 18.0 Å². The number of hydrogen-bond acceptors (Lipinski definition) is 11. The zero-order valence-electron chi connectivity index (χ0n) is 6.54. The quantitative estimate of drug-likeness (QED) is 0.334. The summed E-state index contributed by atoms with van der Waals surface area (Å²) < 4.78 is 29.7. The van der Waals surface area contributed by atoms with Gasteiger partial charge in [0.2, 0.25) is 0 Å². The first-order valence-electron chi connectivity index (χ1n) is 2.19. The molecule has 0 saturated carbocycles. The van der Waals surface area contributed by atoms with Crippen molar-refractivity contribution in [1.82, 2.24) is 0 Å². The van der Waals surface area contributed by atoms with Crippen molar-refractivity contribution in [2.45, 2.75) is 0 Å². The Morgan fingerprint density at radius 3 is 0.800 bits per heavy atom. The summed E-state index contributed by atoms with van der Waals surface area (Å²) in [6, 6.07) is 0. The summed E-state index contributed by atoms with van der Waals surface area (Å²) in [5.74, 6) is 0. The first-order valence-corrected chi connectivity index (χ1v) is 6.57. The van der Waals surface area contributed by atoms with Crippen molar-refractivity contribution in [3.8, 4) is 0 Å². The predicted molar refractivity (Wildman–Crippen MR) is 29.7 cm³/mol. The van der Waals surface area contributed by atoms with Gasteiger partial charge in [-0.3, -0.25) is 0 Å². The molecule has 0 fully saturated rings. The third-order valence-electron chi connectivity index (χ3n) is 0.200. The summed E-state index contributed by atoms with van der Waals surface area (Å²) in [4.78, 5) is 62.9. The molecule has 0 bridgehead atoms. The molecule has 15 heavy (non-hydrogen) atoms. The minimum absolute atomic E-state index is 0. The van der Waals surface area contributed by atoms with E-state index in [9.17, 15) is 28.7 Å². The fourth-order valence-corrected chi connectivity index (χ4v) is 1.10. The molecule has 0 radical (unpaired) electrons.